The molecule has 2 N–H and O–H groups in total. The molecule has 1 heterocycles. The number of hydrogen-bond acceptors (Lipinski definition) is 3. The molecule has 1 aliphatic rings. The summed E-state index contributed by atoms with van der Waals surface area (Å²) >= 11 is 15.4. The minimum atomic E-state index is -0.515. The molecule has 0 aliphatic carbocycles. The van der Waals surface area contributed by atoms with Crippen molar-refractivity contribution in [2.24, 2.45) is 0 Å². The Hall–Kier alpha value is -0.000000000000000111. The van der Waals surface area contributed by atoms with Crippen molar-refractivity contribution in [3.8, 4) is 0 Å². The second kappa shape index (κ2) is 5.10. The Bertz CT molecular complexity index is 403. The third-order valence-electron chi connectivity index (χ3n) is 2.43. The smallest absolute Gasteiger partial charge is 0.0996 e. The highest BCUT2D eigenvalue weighted by Crippen LogP contribution is 2.36. The van der Waals surface area contributed by atoms with Gasteiger partial charge < -0.3 is 15.2 Å². The normalized spacial score (nSPS) is 24.8. The standard InChI is InChI=1S/C10H10BrCl2NO2/c11-5-1-2-6(10(13)9(5)12)14-7-3-16-4-8(7)15/h1-2,7-8,14-15H,3-4H2. The monoisotopic (exact) mass is 325 g/mol. The van der Waals surface area contributed by atoms with Crippen LogP contribution >= 0.6 is 39.1 Å². The second-order valence-electron chi connectivity index (χ2n) is 3.58. The van der Waals surface area contributed by atoms with E-state index in [1.165, 1.54) is 0 Å². The molecule has 0 radical (unpaired) electrons. The highest BCUT2D eigenvalue weighted by molar-refractivity contribution is 9.10. The van der Waals surface area contributed by atoms with Crippen molar-refractivity contribution in [2.75, 3.05) is 18.5 Å². The lowest BCUT2D eigenvalue weighted by Crippen LogP contribution is -2.31. The van der Waals surface area contributed by atoms with Crippen LogP contribution in [0, 0.1) is 0 Å². The number of rotatable bonds is 2. The first-order chi connectivity index (χ1) is 7.59. The fourth-order valence-electron chi connectivity index (χ4n) is 1.52. The van der Waals surface area contributed by atoms with Gasteiger partial charge in [0, 0.05) is 4.47 Å². The van der Waals surface area contributed by atoms with Crippen molar-refractivity contribution in [2.45, 2.75) is 12.1 Å². The van der Waals surface area contributed by atoms with Gasteiger partial charge in [-0.05, 0) is 28.1 Å². The van der Waals surface area contributed by atoms with E-state index in [1.807, 2.05) is 6.07 Å². The van der Waals surface area contributed by atoms with Crippen molar-refractivity contribution in [1.82, 2.24) is 0 Å². The van der Waals surface area contributed by atoms with Gasteiger partial charge in [0.15, 0.2) is 0 Å². The Morgan fingerprint density at radius 3 is 2.69 bits per heavy atom. The van der Waals surface area contributed by atoms with E-state index >= 15 is 0 Å². The number of nitrogens with one attached hydrogen (secondary N) is 1. The maximum Gasteiger partial charge on any atom is 0.0996 e. The summed E-state index contributed by atoms with van der Waals surface area (Å²) in [6.07, 6.45) is -0.515. The van der Waals surface area contributed by atoms with Crippen LogP contribution in [0.4, 0.5) is 5.69 Å². The molecule has 88 valence electrons. The molecule has 0 spiro atoms. The molecular formula is C10H10BrCl2NO2. The molecule has 0 amide bonds. The zero-order valence-electron chi connectivity index (χ0n) is 8.21. The molecule has 1 fully saturated rings. The Morgan fingerprint density at radius 1 is 1.31 bits per heavy atom. The summed E-state index contributed by atoms with van der Waals surface area (Å²) in [5.41, 5.74) is 0.699. The van der Waals surface area contributed by atoms with Crippen LogP contribution in [-0.4, -0.2) is 30.5 Å². The molecule has 16 heavy (non-hydrogen) atoms. The molecule has 6 heteroatoms. The average Bonchev–Trinajstić information content (AvgIpc) is 2.65. The number of aliphatic hydroxyl groups is 1. The molecule has 0 saturated carbocycles. The average molecular weight is 327 g/mol. The van der Waals surface area contributed by atoms with E-state index in [4.69, 9.17) is 27.9 Å². The van der Waals surface area contributed by atoms with E-state index in [-0.39, 0.29) is 6.04 Å². The fraction of sp³-hybridized carbons (Fsp3) is 0.400. The second-order valence-corrected chi connectivity index (χ2v) is 5.19. The van der Waals surface area contributed by atoms with Crippen molar-refractivity contribution in [1.29, 1.82) is 0 Å². The number of halogens is 3. The zero-order chi connectivity index (χ0) is 11.7. The van der Waals surface area contributed by atoms with Crippen LogP contribution in [0.25, 0.3) is 0 Å². The quantitative estimate of drug-likeness (QED) is 0.821. The predicted octanol–water partition coefficient (Wildman–Crippen LogP) is 2.93. The molecule has 2 atom stereocenters. The number of aliphatic hydroxyl groups excluding tert-OH is 1. The predicted molar refractivity (Wildman–Crippen MR) is 68.4 cm³/mol. The lowest BCUT2D eigenvalue weighted by Gasteiger charge is -2.17. The van der Waals surface area contributed by atoms with Crippen LogP contribution in [0.15, 0.2) is 16.6 Å². The van der Waals surface area contributed by atoms with Crippen LogP contribution < -0.4 is 5.32 Å². The highest BCUT2D eigenvalue weighted by atomic mass is 79.9. The van der Waals surface area contributed by atoms with Gasteiger partial charge in [-0.3, -0.25) is 0 Å². The first-order valence-electron chi connectivity index (χ1n) is 4.75. The fourth-order valence-corrected chi connectivity index (χ4v) is 2.35. The minimum absolute atomic E-state index is 0.144. The first kappa shape index (κ1) is 12.5. The van der Waals surface area contributed by atoms with Crippen LogP contribution in [0.2, 0.25) is 10.0 Å². The highest BCUT2D eigenvalue weighted by Gasteiger charge is 2.26. The third kappa shape index (κ3) is 2.46. The van der Waals surface area contributed by atoms with Crippen molar-refractivity contribution in [3.05, 3.63) is 26.7 Å². The molecule has 0 aromatic heterocycles. The third-order valence-corrected chi connectivity index (χ3v) is 4.20. The van der Waals surface area contributed by atoms with Gasteiger partial charge in [-0.2, -0.15) is 0 Å². The summed E-state index contributed by atoms with van der Waals surface area (Å²) in [6, 6.07) is 3.47. The summed E-state index contributed by atoms with van der Waals surface area (Å²) in [7, 11) is 0. The Labute approximate surface area is 112 Å². The molecule has 1 aromatic carbocycles. The van der Waals surface area contributed by atoms with Crippen LogP contribution in [0.3, 0.4) is 0 Å². The van der Waals surface area contributed by atoms with E-state index in [0.29, 0.717) is 28.9 Å². The van der Waals surface area contributed by atoms with Gasteiger partial charge in [0.1, 0.15) is 0 Å². The molecule has 2 rings (SSSR count). The van der Waals surface area contributed by atoms with Gasteiger partial charge in [-0.1, -0.05) is 23.2 Å². The SMILES string of the molecule is OC1COCC1Nc1ccc(Br)c(Cl)c1Cl. The number of hydrogen-bond donors (Lipinski definition) is 2. The van der Waals surface area contributed by atoms with Crippen LogP contribution in [0.5, 0.6) is 0 Å². The summed E-state index contributed by atoms with van der Waals surface area (Å²) < 4.78 is 5.88. The molecule has 1 aliphatic heterocycles. The van der Waals surface area contributed by atoms with Gasteiger partial charge in [-0.25, -0.2) is 0 Å². The van der Waals surface area contributed by atoms with E-state index in [2.05, 4.69) is 21.2 Å². The van der Waals surface area contributed by atoms with E-state index in [1.54, 1.807) is 6.07 Å². The summed E-state index contributed by atoms with van der Waals surface area (Å²) in [6.45, 7) is 0.810. The van der Waals surface area contributed by atoms with Gasteiger partial charge in [0.2, 0.25) is 0 Å². The minimum Gasteiger partial charge on any atom is -0.388 e. The number of benzene rings is 1. The van der Waals surface area contributed by atoms with Gasteiger partial charge >= 0.3 is 0 Å². The van der Waals surface area contributed by atoms with Gasteiger partial charge in [-0.15, -0.1) is 0 Å². The molecule has 1 aromatic rings. The Balaban J connectivity index is 2.18. The lowest BCUT2D eigenvalue weighted by atomic mass is 10.2. The van der Waals surface area contributed by atoms with Crippen LogP contribution in [-0.2, 0) is 4.74 Å². The van der Waals surface area contributed by atoms with Crippen molar-refractivity contribution in [3.63, 3.8) is 0 Å². The summed E-state index contributed by atoms with van der Waals surface area (Å²) in [4.78, 5) is 0. The Kier molecular flexibility index (Phi) is 3.97. The maximum atomic E-state index is 9.59. The summed E-state index contributed by atoms with van der Waals surface area (Å²) in [5, 5.41) is 13.6. The lowest BCUT2D eigenvalue weighted by molar-refractivity contribution is 0.125. The van der Waals surface area contributed by atoms with Crippen molar-refractivity contribution < 1.29 is 9.84 Å². The molecular weight excluding hydrogens is 317 g/mol. The number of anilines is 1. The topological polar surface area (TPSA) is 41.5 Å². The number of ether oxygens (including phenoxy) is 1. The molecule has 2 unspecified atom stereocenters. The largest absolute Gasteiger partial charge is 0.388 e. The summed E-state index contributed by atoms with van der Waals surface area (Å²) in [5.74, 6) is 0. The zero-order valence-corrected chi connectivity index (χ0v) is 11.3. The first-order valence-corrected chi connectivity index (χ1v) is 6.30. The Morgan fingerprint density at radius 2 is 2.06 bits per heavy atom. The van der Waals surface area contributed by atoms with E-state index < -0.39 is 6.10 Å². The van der Waals surface area contributed by atoms with E-state index in [9.17, 15) is 5.11 Å². The van der Waals surface area contributed by atoms with Gasteiger partial charge in [0.05, 0.1) is 41.1 Å². The molecule has 3 nitrogen and oxygen atoms in total. The van der Waals surface area contributed by atoms with Crippen molar-refractivity contribution >= 4 is 44.8 Å². The molecule has 1 saturated heterocycles. The maximum absolute atomic E-state index is 9.59. The van der Waals surface area contributed by atoms with Crippen LogP contribution in [0.1, 0.15) is 0 Å². The van der Waals surface area contributed by atoms with Gasteiger partial charge in [0.25, 0.3) is 0 Å². The molecule has 0 bridgehead atoms. The van der Waals surface area contributed by atoms with E-state index in [0.717, 1.165) is 4.47 Å².